The molecule has 1 aromatic heterocycles. The fraction of sp³-hybridized carbons (Fsp3) is 0.238. The van der Waals surface area contributed by atoms with Gasteiger partial charge in [0.2, 0.25) is 17.6 Å². The van der Waals surface area contributed by atoms with Crippen molar-refractivity contribution in [1.29, 1.82) is 0 Å². The number of benzene rings is 2. The smallest absolute Gasteiger partial charge is 0.343 e. The van der Waals surface area contributed by atoms with E-state index in [9.17, 15) is 22.8 Å². The van der Waals surface area contributed by atoms with E-state index in [1.807, 2.05) is 31.2 Å². The van der Waals surface area contributed by atoms with Crippen molar-refractivity contribution in [2.24, 2.45) is 0 Å². The van der Waals surface area contributed by atoms with E-state index >= 15 is 0 Å². The van der Waals surface area contributed by atoms with Crippen LogP contribution in [-0.2, 0) is 11.2 Å². The molecule has 0 aliphatic carbocycles. The third-order valence-electron chi connectivity index (χ3n) is 4.22. The van der Waals surface area contributed by atoms with Gasteiger partial charge in [-0.05, 0) is 31.2 Å². The number of hydrogen-bond acceptors (Lipinski definition) is 5. The Hall–Kier alpha value is -3.69. The Labute approximate surface area is 175 Å². The number of carbonyl (C=O) groups is 2. The summed E-state index contributed by atoms with van der Waals surface area (Å²) in [6.45, 7) is 0.561. The van der Waals surface area contributed by atoms with Crippen molar-refractivity contribution in [2.75, 3.05) is 11.9 Å². The number of hydrogen-bond donors (Lipinski definition) is 2. The van der Waals surface area contributed by atoms with Crippen LogP contribution >= 0.6 is 0 Å². The van der Waals surface area contributed by atoms with Crippen molar-refractivity contribution in [1.82, 2.24) is 15.5 Å². The molecule has 162 valence electrons. The first kappa shape index (κ1) is 22.0. The van der Waals surface area contributed by atoms with Gasteiger partial charge in [-0.3, -0.25) is 9.59 Å². The summed E-state index contributed by atoms with van der Waals surface area (Å²) in [7, 11) is 0. The summed E-state index contributed by atoms with van der Waals surface area (Å²) in [4.78, 5) is 28.1. The maximum atomic E-state index is 12.2. The summed E-state index contributed by atoms with van der Waals surface area (Å²) in [5, 5.41) is 8.33. The monoisotopic (exact) mass is 432 g/mol. The molecule has 0 aliphatic heterocycles. The molecule has 0 radical (unpaired) electrons. The van der Waals surface area contributed by atoms with Gasteiger partial charge in [0, 0.05) is 29.7 Å². The van der Waals surface area contributed by atoms with Crippen LogP contribution in [0.25, 0.3) is 11.4 Å². The zero-order chi connectivity index (χ0) is 22.4. The zero-order valence-corrected chi connectivity index (χ0v) is 16.5. The predicted octanol–water partition coefficient (Wildman–Crippen LogP) is 3.91. The maximum Gasteiger partial charge on any atom is 0.405 e. The summed E-state index contributed by atoms with van der Waals surface area (Å²) in [5.74, 6) is -0.405. The molecule has 7 nitrogen and oxygen atoms in total. The number of halogens is 3. The highest BCUT2D eigenvalue weighted by molar-refractivity contribution is 5.95. The molecule has 0 aliphatic rings. The molecule has 2 amide bonds. The lowest BCUT2D eigenvalue weighted by molar-refractivity contribution is -0.123. The number of alkyl halides is 3. The average molecular weight is 432 g/mol. The Morgan fingerprint density at radius 3 is 2.35 bits per heavy atom. The molecule has 0 fully saturated rings. The van der Waals surface area contributed by atoms with Crippen LogP contribution in [0.4, 0.5) is 18.9 Å². The van der Waals surface area contributed by atoms with E-state index in [1.54, 1.807) is 5.32 Å². The van der Waals surface area contributed by atoms with E-state index in [-0.39, 0.29) is 24.3 Å². The molecule has 0 saturated carbocycles. The molecule has 0 unspecified atom stereocenters. The molecule has 2 aromatic carbocycles. The minimum absolute atomic E-state index is 0.0525. The van der Waals surface area contributed by atoms with E-state index in [4.69, 9.17) is 4.52 Å². The summed E-state index contributed by atoms with van der Waals surface area (Å²) in [6, 6.07) is 13.1. The second-order valence-corrected chi connectivity index (χ2v) is 6.80. The zero-order valence-electron chi connectivity index (χ0n) is 16.5. The van der Waals surface area contributed by atoms with Gasteiger partial charge in [0.05, 0.1) is 0 Å². The standard InChI is InChI=1S/C21H19F3N4O3/c1-13-2-4-14(5-3-13)19-27-18(31-28-19)11-10-17(29)26-16-8-6-15(7-9-16)20(30)25-12-21(22,23)24/h2-9H,10-12H2,1H3,(H,25,30)(H,26,29). The Morgan fingerprint density at radius 2 is 1.71 bits per heavy atom. The number of aromatic nitrogens is 2. The number of rotatable bonds is 7. The third-order valence-corrected chi connectivity index (χ3v) is 4.22. The number of amides is 2. The van der Waals surface area contributed by atoms with Gasteiger partial charge in [0.1, 0.15) is 6.54 Å². The highest BCUT2D eigenvalue weighted by Gasteiger charge is 2.27. The molecular weight excluding hydrogens is 413 g/mol. The highest BCUT2D eigenvalue weighted by atomic mass is 19.4. The van der Waals surface area contributed by atoms with Gasteiger partial charge in [-0.1, -0.05) is 35.0 Å². The molecule has 1 heterocycles. The van der Waals surface area contributed by atoms with E-state index in [0.717, 1.165) is 11.1 Å². The van der Waals surface area contributed by atoms with Crippen molar-refractivity contribution in [3.8, 4) is 11.4 Å². The molecule has 0 atom stereocenters. The normalized spacial score (nSPS) is 11.2. The third kappa shape index (κ3) is 6.66. The average Bonchev–Trinajstić information content (AvgIpc) is 3.20. The van der Waals surface area contributed by atoms with Gasteiger partial charge in [-0.15, -0.1) is 0 Å². The Balaban J connectivity index is 1.49. The number of anilines is 1. The van der Waals surface area contributed by atoms with Crippen molar-refractivity contribution >= 4 is 17.5 Å². The first-order chi connectivity index (χ1) is 14.7. The molecule has 31 heavy (non-hydrogen) atoms. The Kier molecular flexibility index (Phi) is 6.68. The first-order valence-corrected chi connectivity index (χ1v) is 9.34. The fourth-order valence-corrected chi connectivity index (χ4v) is 2.61. The fourth-order valence-electron chi connectivity index (χ4n) is 2.61. The van der Waals surface area contributed by atoms with Gasteiger partial charge < -0.3 is 15.2 Å². The first-order valence-electron chi connectivity index (χ1n) is 9.34. The highest BCUT2D eigenvalue weighted by Crippen LogP contribution is 2.17. The van der Waals surface area contributed by atoms with E-state index in [1.165, 1.54) is 24.3 Å². The van der Waals surface area contributed by atoms with Crippen LogP contribution in [0.15, 0.2) is 53.1 Å². The van der Waals surface area contributed by atoms with Gasteiger partial charge >= 0.3 is 6.18 Å². The quantitative estimate of drug-likeness (QED) is 0.590. The minimum atomic E-state index is -4.48. The van der Waals surface area contributed by atoms with Crippen molar-refractivity contribution in [2.45, 2.75) is 25.9 Å². The van der Waals surface area contributed by atoms with Crippen molar-refractivity contribution in [3.05, 3.63) is 65.5 Å². The number of nitrogens with one attached hydrogen (secondary N) is 2. The second kappa shape index (κ2) is 9.41. The molecule has 0 bridgehead atoms. The Morgan fingerprint density at radius 1 is 1.03 bits per heavy atom. The van der Waals surface area contributed by atoms with Crippen LogP contribution in [0.5, 0.6) is 0 Å². The number of aryl methyl sites for hydroxylation is 2. The van der Waals surface area contributed by atoms with Crippen LogP contribution < -0.4 is 10.6 Å². The minimum Gasteiger partial charge on any atom is -0.343 e. The molecule has 3 rings (SSSR count). The molecule has 3 aromatic rings. The van der Waals surface area contributed by atoms with Crippen LogP contribution in [0, 0.1) is 6.92 Å². The van der Waals surface area contributed by atoms with Crippen LogP contribution in [0.1, 0.15) is 28.2 Å². The van der Waals surface area contributed by atoms with Crippen LogP contribution in [0.2, 0.25) is 0 Å². The number of nitrogens with zero attached hydrogens (tertiary/aromatic N) is 2. The predicted molar refractivity (Wildman–Crippen MR) is 106 cm³/mol. The topological polar surface area (TPSA) is 97.1 Å². The lowest BCUT2D eigenvalue weighted by Gasteiger charge is -2.09. The number of carbonyl (C=O) groups excluding carboxylic acids is 2. The molecular formula is C21H19F3N4O3. The van der Waals surface area contributed by atoms with E-state index in [2.05, 4.69) is 15.5 Å². The van der Waals surface area contributed by atoms with Crippen LogP contribution in [-0.4, -0.2) is 34.7 Å². The van der Waals surface area contributed by atoms with Gasteiger partial charge in [-0.2, -0.15) is 18.2 Å². The summed E-state index contributed by atoms with van der Waals surface area (Å²) >= 11 is 0. The Bertz CT molecular complexity index is 1040. The van der Waals surface area contributed by atoms with Crippen molar-refractivity contribution < 1.29 is 27.3 Å². The van der Waals surface area contributed by atoms with Gasteiger partial charge in [0.25, 0.3) is 5.91 Å². The summed E-state index contributed by atoms with van der Waals surface area (Å²) < 4.78 is 41.7. The largest absolute Gasteiger partial charge is 0.405 e. The van der Waals surface area contributed by atoms with Crippen molar-refractivity contribution in [3.63, 3.8) is 0 Å². The lowest BCUT2D eigenvalue weighted by Crippen LogP contribution is -2.33. The second-order valence-electron chi connectivity index (χ2n) is 6.80. The summed E-state index contributed by atoms with van der Waals surface area (Å²) in [5.41, 5.74) is 2.38. The maximum absolute atomic E-state index is 12.2. The van der Waals surface area contributed by atoms with Crippen LogP contribution in [0.3, 0.4) is 0 Å². The van der Waals surface area contributed by atoms with E-state index < -0.39 is 18.6 Å². The van der Waals surface area contributed by atoms with Gasteiger partial charge in [0.15, 0.2) is 0 Å². The molecule has 2 N–H and O–H groups in total. The lowest BCUT2D eigenvalue weighted by atomic mass is 10.1. The van der Waals surface area contributed by atoms with Gasteiger partial charge in [-0.25, -0.2) is 0 Å². The van der Waals surface area contributed by atoms with E-state index in [0.29, 0.717) is 17.4 Å². The molecule has 10 heteroatoms. The SMILES string of the molecule is Cc1ccc(-c2noc(CCC(=O)Nc3ccc(C(=O)NCC(F)(F)F)cc3)n2)cc1. The molecule has 0 spiro atoms. The molecule has 0 saturated heterocycles. The summed E-state index contributed by atoms with van der Waals surface area (Å²) in [6.07, 6.45) is -4.16.